The molecule has 0 saturated carbocycles. The predicted octanol–water partition coefficient (Wildman–Crippen LogP) is 0.496. The molecule has 0 saturated heterocycles. The van der Waals surface area contributed by atoms with E-state index >= 15 is 0 Å². The van der Waals surface area contributed by atoms with E-state index in [9.17, 15) is 14.9 Å². The molecule has 2 rings (SSSR count). The summed E-state index contributed by atoms with van der Waals surface area (Å²) in [6.45, 7) is 0. The lowest BCUT2D eigenvalue weighted by Crippen LogP contribution is -2.13. The largest absolute Gasteiger partial charge is 0.493 e. The number of H-pyrrole nitrogens is 1. The van der Waals surface area contributed by atoms with Gasteiger partial charge in [0.15, 0.2) is 17.2 Å². The molecule has 0 aliphatic rings. The molecule has 110 valence electrons. The molecule has 0 atom stereocenters. The summed E-state index contributed by atoms with van der Waals surface area (Å²) in [4.78, 5) is 21.9. The normalized spacial score (nSPS) is 10.2. The fourth-order valence-electron chi connectivity index (χ4n) is 1.80. The van der Waals surface area contributed by atoms with Crippen molar-refractivity contribution in [2.45, 2.75) is 0 Å². The van der Waals surface area contributed by atoms with Gasteiger partial charge in [-0.2, -0.15) is 15.4 Å². The molecule has 0 fully saturated rings. The van der Waals surface area contributed by atoms with Crippen LogP contribution in [0.1, 0.15) is 10.5 Å². The minimum absolute atomic E-state index is 0.0323. The summed E-state index contributed by atoms with van der Waals surface area (Å²) in [5.41, 5.74) is 4.65. The number of primary amides is 1. The number of amides is 1. The lowest BCUT2D eigenvalue weighted by atomic mass is 10.1. The van der Waals surface area contributed by atoms with E-state index in [4.69, 9.17) is 15.2 Å². The third kappa shape index (κ3) is 2.45. The maximum absolute atomic E-state index is 11.3. The number of methoxy groups -OCH3 is 2. The number of hydrogen-bond donors (Lipinski definition) is 2. The van der Waals surface area contributed by atoms with Crippen molar-refractivity contribution in [3.05, 3.63) is 27.9 Å². The standard InChI is InChI=1S/C11H11N5O5/c1-20-7-3-5(6(16(18)19)4-8(7)21-2)9-10(11(12)17)14-15-13-9/h3-4H,1-2H3,(H2,12,17)(H,13,14,15). The lowest BCUT2D eigenvalue weighted by molar-refractivity contribution is -0.384. The second-order valence-electron chi connectivity index (χ2n) is 3.87. The van der Waals surface area contributed by atoms with Crippen molar-refractivity contribution in [1.82, 2.24) is 15.4 Å². The Hall–Kier alpha value is -3.17. The number of nitrogens with zero attached hydrogens (tertiary/aromatic N) is 3. The smallest absolute Gasteiger partial charge is 0.282 e. The highest BCUT2D eigenvalue weighted by atomic mass is 16.6. The van der Waals surface area contributed by atoms with Gasteiger partial charge in [0.2, 0.25) is 0 Å². The van der Waals surface area contributed by atoms with Crippen LogP contribution in [0.15, 0.2) is 12.1 Å². The van der Waals surface area contributed by atoms with E-state index in [0.717, 1.165) is 0 Å². The van der Waals surface area contributed by atoms with Gasteiger partial charge in [-0.05, 0) is 0 Å². The van der Waals surface area contributed by atoms with Gasteiger partial charge in [0.25, 0.3) is 11.6 Å². The van der Waals surface area contributed by atoms with Gasteiger partial charge in [0, 0.05) is 6.07 Å². The molecule has 1 amide bonds. The highest BCUT2D eigenvalue weighted by Gasteiger charge is 2.26. The van der Waals surface area contributed by atoms with Gasteiger partial charge in [-0.15, -0.1) is 0 Å². The summed E-state index contributed by atoms with van der Waals surface area (Å²) >= 11 is 0. The van der Waals surface area contributed by atoms with E-state index in [-0.39, 0.29) is 34.1 Å². The van der Waals surface area contributed by atoms with E-state index in [1.54, 1.807) is 0 Å². The topological polar surface area (TPSA) is 146 Å². The lowest BCUT2D eigenvalue weighted by Gasteiger charge is -2.09. The highest BCUT2D eigenvalue weighted by Crippen LogP contribution is 2.39. The number of nitro groups is 1. The van der Waals surface area contributed by atoms with E-state index in [2.05, 4.69) is 15.4 Å². The molecule has 0 aliphatic heterocycles. The van der Waals surface area contributed by atoms with E-state index in [0.29, 0.717) is 0 Å². The second-order valence-corrected chi connectivity index (χ2v) is 3.87. The fourth-order valence-corrected chi connectivity index (χ4v) is 1.80. The molecule has 0 bridgehead atoms. The average Bonchev–Trinajstić information content (AvgIpc) is 2.95. The van der Waals surface area contributed by atoms with Crippen LogP contribution in [0.2, 0.25) is 0 Å². The zero-order valence-corrected chi connectivity index (χ0v) is 11.1. The van der Waals surface area contributed by atoms with Crippen molar-refractivity contribution in [2.75, 3.05) is 14.2 Å². The summed E-state index contributed by atoms with van der Waals surface area (Å²) in [6, 6.07) is 2.51. The Labute approximate surface area is 118 Å². The molecule has 10 nitrogen and oxygen atoms in total. The van der Waals surface area contributed by atoms with Crippen molar-refractivity contribution >= 4 is 11.6 Å². The second kappa shape index (κ2) is 5.45. The first-order chi connectivity index (χ1) is 9.99. The van der Waals surface area contributed by atoms with Crippen LogP contribution in [0.3, 0.4) is 0 Å². The summed E-state index contributed by atoms with van der Waals surface area (Å²) in [5, 5.41) is 20.7. The van der Waals surface area contributed by atoms with Crippen molar-refractivity contribution < 1.29 is 19.2 Å². The highest BCUT2D eigenvalue weighted by molar-refractivity contribution is 5.98. The van der Waals surface area contributed by atoms with E-state index < -0.39 is 10.8 Å². The minimum Gasteiger partial charge on any atom is -0.493 e. The molecular weight excluding hydrogens is 282 g/mol. The van der Waals surface area contributed by atoms with Gasteiger partial charge in [-0.1, -0.05) is 0 Å². The number of nitrogens with one attached hydrogen (secondary N) is 1. The van der Waals surface area contributed by atoms with E-state index in [1.165, 1.54) is 26.4 Å². The number of rotatable bonds is 5. The minimum atomic E-state index is -0.858. The third-order valence-corrected chi connectivity index (χ3v) is 2.73. The molecule has 0 radical (unpaired) electrons. The monoisotopic (exact) mass is 293 g/mol. The number of nitro benzene ring substituents is 1. The Morgan fingerprint density at radius 3 is 2.43 bits per heavy atom. The third-order valence-electron chi connectivity index (χ3n) is 2.73. The average molecular weight is 293 g/mol. The maximum atomic E-state index is 11.3. The molecule has 1 heterocycles. The van der Waals surface area contributed by atoms with Crippen molar-refractivity contribution in [3.8, 4) is 22.8 Å². The first kappa shape index (κ1) is 14.2. The van der Waals surface area contributed by atoms with Crippen LogP contribution in [0, 0.1) is 10.1 Å². The zero-order valence-electron chi connectivity index (χ0n) is 11.1. The van der Waals surface area contributed by atoms with Gasteiger partial charge in [0.05, 0.1) is 30.8 Å². The summed E-state index contributed by atoms with van der Waals surface area (Å²) in [7, 11) is 2.73. The van der Waals surface area contributed by atoms with Crippen molar-refractivity contribution in [1.29, 1.82) is 0 Å². The fraction of sp³-hybridized carbons (Fsp3) is 0.182. The molecule has 0 spiro atoms. The van der Waals surface area contributed by atoms with Crippen molar-refractivity contribution in [2.24, 2.45) is 5.73 Å². The number of ether oxygens (including phenoxy) is 2. The van der Waals surface area contributed by atoms with Crippen LogP contribution in [0.5, 0.6) is 11.5 Å². The molecule has 1 aromatic carbocycles. The molecule has 21 heavy (non-hydrogen) atoms. The maximum Gasteiger partial charge on any atom is 0.282 e. The van der Waals surface area contributed by atoms with Gasteiger partial charge >= 0.3 is 0 Å². The Morgan fingerprint density at radius 2 is 1.90 bits per heavy atom. The number of aromatic nitrogens is 3. The predicted molar refractivity (Wildman–Crippen MR) is 70.1 cm³/mol. The van der Waals surface area contributed by atoms with Gasteiger partial charge in [-0.25, -0.2) is 0 Å². The molecule has 10 heteroatoms. The molecule has 2 aromatic rings. The van der Waals surface area contributed by atoms with Crippen LogP contribution in [0.4, 0.5) is 5.69 Å². The molecular formula is C11H11N5O5. The van der Waals surface area contributed by atoms with Gasteiger partial charge in [0.1, 0.15) is 5.69 Å². The number of carbonyl (C=O) groups is 1. The SMILES string of the molecule is COc1cc(-c2n[nH]nc2C(N)=O)c([N+](=O)[O-])cc1OC. The quantitative estimate of drug-likeness (QED) is 0.602. The number of benzene rings is 1. The van der Waals surface area contributed by atoms with E-state index in [1.807, 2.05) is 0 Å². The first-order valence-corrected chi connectivity index (χ1v) is 5.61. The van der Waals surface area contributed by atoms with Gasteiger partial charge < -0.3 is 15.2 Å². The molecule has 0 unspecified atom stereocenters. The summed E-state index contributed by atoms with van der Waals surface area (Å²) in [5.74, 6) is -0.434. The van der Waals surface area contributed by atoms with Crippen LogP contribution >= 0.6 is 0 Å². The zero-order chi connectivity index (χ0) is 15.6. The number of carbonyl (C=O) groups excluding carboxylic acids is 1. The Morgan fingerprint density at radius 1 is 1.29 bits per heavy atom. The Balaban J connectivity index is 2.74. The van der Waals surface area contributed by atoms with Crippen LogP contribution in [-0.2, 0) is 0 Å². The van der Waals surface area contributed by atoms with Crippen LogP contribution in [0.25, 0.3) is 11.3 Å². The van der Waals surface area contributed by atoms with Crippen molar-refractivity contribution in [3.63, 3.8) is 0 Å². The molecule has 0 aliphatic carbocycles. The summed E-state index contributed by atoms with van der Waals surface area (Å²) in [6.07, 6.45) is 0. The number of hydrogen-bond acceptors (Lipinski definition) is 7. The number of nitrogens with two attached hydrogens (primary N) is 1. The number of aromatic amines is 1. The molecule has 1 aromatic heterocycles. The molecule has 3 N–H and O–H groups in total. The van der Waals surface area contributed by atoms with Crippen LogP contribution in [-0.4, -0.2) is 40.5 Å². The Kier molecular flexibility index (Phi) is 3.69. The summed E-state index contributed by atoms with van der Waals surface area (Å²) < 4.78 is 10.1. The van der Waals surface area contributed by atoms with Gasteiger partial charge in [-0.3, -0.25) is 14.9 Å². The Bertz CT molecular complexity index is 711. The first-order valence-electron chi connectivity index (χ1n) is 5.61. The van der Waals surface area contributed by atoms with Crippen LogP contribution < -0.4 is 15.2 Å².